The highest BCUT2D eigenvalue weighted by atomic mass is 16.2. The van der Waals surface area contributed by atoms with Gasteiger partial charge >= 0.3 is 0 Å². The number of nitrogens with one attached hydrogen (secondary N) is 4. The van der Waals surface area contributed by atoms with Gasteiger partial charge in [0, 0.05) is 30.0 Å². The normalized spacial score (nSPS) is 31.9. The van der Waals surface area contributed by atoms with Crippen molar-refractivity contribution >= 4 is 35.3 Å². The lowest BCUT2D eigenvalue weighted by atomic mass is 9.73. The summed E-state index contributed by atoms with van der Waals surface area (Å²) in [5.41, 5.74) is -3.22. The molecule has 2 spiro atoms. The Kier molecular flexibility index (Phi) is 10.5. The van der Waals surface area contributed by atoms with Crippen molar-refractivity contribution < 1.29 is 28.8 Å². The zero-order valence-electron chi connectivity index (χ0n) is 35.2. The molecule has 2 saturated heterocycles. The summed E-state index contributed by atoms with van der Waals surface area (Å²) in [7, 11) is 0. The van der Waals surface area contributed by atoms with Crippen LogP contribution in [-0.4, -0.2) is 100.0 Å². The summed E-state index contributed by atoms with van der Waals surface area (Å²) in [6.07, 6.45) is 9.81. The summed E-state index contributed by atoms with van der Waals surface area (Å²) >= 11 is 0. The smallest absolute Gasteiger partial charge is 0.290 e. The van der Waals surface area contributed by atoms with Crippen LogP contribution in [0.2, 0.25) is 0 Å². The largest absolute Gasteiger partial charge is 0.347 e. The molecular formula is C43H68N6O6. The van der Waals surface area contributed by atoms with Crippen molar-refractivity contribution in [3.05, 3.63) is 12.7 Å². The van der Waals surface area contributed by atoms with E-state index < -0.39 is 63.9 Å². The number of fused-ring (bicyclic) bond motifs is 1. The molecule has 306 valence electrons. The van der Waals surface area contributed by atoms with E-state index in [9.17, 15) is 24.0 Å². The SMILES string of the molecule is C=C[C@@H]1C[C@@]1(NC(=O)[C@@H]1C[C@@]2(CN1C(=O)[C@@H](NC(=O)[C@@H](NC(=O)[C@@H]1CCCCN1C(C)C)C(C)(C)C)C(C)(C)C)C(C)(C)C21CCC1)C(=O)C(=O)NC1CC1. The van der Waals surface area contributed by atoms with Crippen molar-refractivity contribution in [1.29, 1.82) is 0 Å². The predicted molar refractivity (Wildman–Crippen MR) is 210 cm³/mol. The molecule has 0 bridgehead atoms. The first kappa shape index (κ1) is 41.4. The lowest BCUT2D eigenvalue weighted by Crippen LogP contribution is -2.64. The Labute approximate surface area is 328 Å². The van der Waals surface area contributed by atoms with Crippen molar-refractivity contribution in [2.24, 2.45) is 33.0 Å². The molecule has 0 radical (unpaired) electrons. The Bertz CT molecular complexity index is 1620. The third-order valence-corrected chi connectivity index (χ3v) is 14.9. The van der Waals surface area contributed by atoms with Crippen LogP contribution < -0.4 is 21.3 Å². The minimum absolute atomic E-state index is 0.0126. The second-order valence-electron chi connectivity index (χ2n) is 20.9. The molecule has 6 fully saturated rings. The van der Waals surface area contributed by atoms with Crippen LogP contribution in [0.3, 0.4) is 0 Å². The Morgan fingerprint density at radius 3 is 1.91 bits per heavy atom. The van der Waals surface area contributed by atoms with Crippen molar-refractivity contribution in [2.45, 2.75) is 175 Å². The number of carbonyl (C=O) groups excluding carboxylic acids is 6. The monoisotopic (exact) mass is 765 g/mol. The van der Waals surface area contributed by atoms with Crippen LogP contribution >= 0.6 is 0 Å². The first-order chi connectivity index (χ1) is 25.5. The molecule has 12 heteroatoms. The minimum atomic E-state index is -1.39. The number of rotatable bonds is 12. The van der Waals surface area contributed by atoms with Crippen molar-refractivity contribution in [2.75, 3.05) is 13.1 Å². The molecule has 0 aromatic heterocycles. The number of nitrogens with zero attached hydrogens (tertiary/aromatic N) is 2. The molecule has 5 amide bonds. The quantitative estimate of drug-likeness (QED) is 0.173. The zero-order valence-corrected chi connectivity index (χ0v) is 35.2. The van der Waals surface area contributed by atoms with Crippen LogP contribution in [0.25, 0.3) is 0 Å². The summed E-state index contributed by atoms with van der Waals surface area (Å²) in [5.74, 6) is -3.22. The maximum Gasteiger partial charge on any atom is 0.290 e. The lowest BCUT2D eigenvalue weighted by molar-refractivity contribution is -0.146. The first-order valence-corrected chi connectivity index (χ1v) is 20.9. The van der Waals surface area contributed by atoms with Gasteiger partial charge in [-0.3, -0.25) is 33.7 Å². The number of likely N-dealkylation sites (tertiary alicyclic amines) is 2. The first-order valence-electron chi connectivity index (χ1n) is 20.9. The number of ketones is 1. The van der Waals surface area contributed by atoms with Gasteiger partial charge in [-0.1, -0.05) is 74.3 Å². The molecule has 6 aliphatic rings. The van der Waals surface area contributed by atoms with Gasteiger partial charge in [-0.2, -0.15) is 0 Å². The van der Waals surface area contributed by atoms with Crippen LogP contribution in [-0.2, 0) is 28.8 Å². The van der Waals surface area contributed by atoms with Gasteiger partial charge in [0.15, 0.2) is 0 Å². The van der Waals surface area contributed by atoms with E-state index in [1.807, 2.05) is 41.5 Å². The fourth-order valence-electron chi connectivity index (χ4n) is 10.9. The highest BCUT2D eigenvalue weighted by molar-refractivity contribution is 6.41. The van der Waals surface area contributed by atoms with Gasteiger partial charge < -0.3 is 26.2 Å². The highest BCUT2D eigenvalue weighted by Gasteiger charge is 2.85. The molecule has 0 unspecified atom stereocenters. The van der Waals surface area contributed by atoms with Crippen LogP contribution in [0, 0.1) is 33.0 Å². The minimum Gasteiger partial charge on any atom is -0.347 e. The number of carbonyl (C=O) groups is 6. The van der Waals surface area contributed by atoms with Crippen LogP contribution in [0.4, 0.5) is 0 Å². The van der Waals surface area contributed by atoms with E-state index in [0.29, 0.717) is 13.0 Å². The fraction of sp³-hybridized carbons (Fsp3) is 0.814. The summed E-state index contributed by atoms with van der Waals surface area (Å²) in [6, 6.07) is -3.01. The van der Waals surface area contributed by atoms with Crippen LogP contribution in [0.15, 0.2) is 12.7 Å². The average Bonchev–Trinajstić information content (AvgIpc) is 4.02. The standard InChI is InChI=1S/C43H68N6O6/c1-12-26-22-43(26,32(50)36(54)44-27-17-18-27)47-34(52)29-23-42(40(10,11)41(42)19-15-20-41)24-49(29)37(55)31(39(7,8)9)46-35(53)30(38(4,5)6)45-33(51)28-16-13-14-21-48(28)25(2)3/h12,25-31H,1,13-24H2,2-11H3,(H,44,54)(H,45,51)(H,46,53)(H,47,52)/t26-,28+,29+,30-,31-,42-,43+/m1/s1. The van der Waals surface area contributed by atoms with Gasteiger partial charge in [0.1, 0.15) is 23.7 Å². The van der Waals surface area contributed by atoms with Gasteiger partial charge in [-0.15, -0.1) is 6.58 Å². The summed E-state index contributed by atoms with van der Waals surface area (Å²) in [4.78, 5) is 88.5. The number of piperidine rings is 1. The maximum atomic E-state index is 15.1. The molecule has 12 nitrogen and oxygen atoms in total. The molecule has 2 aliphatic heterocycles. The van der Waals surface area contributed by atoms with Crippen molar-refractivity contribution in [3.63, 3.8) is 0 Å². The average molecular weight is 765 g/mol. The summed E-state index contributed by atoms with van der Waals surface area (Å²) < 4.78 is 0. The molecule has 4 saturated carbocycles. The summed E-state index contributed by atoms with van der Waals surface area (Å²) in [5, 5.41) is 11.9. The number of hydrogen-bond acceptors (Lipinski definition) is 7. The van der Waals surface area contributed by atoms with E-state index in [2.05, 4.69) is 60.4 Å². The molecule has 7 atom stereocenters. The number of Topliss-reactive ketones (excluding diaryl/α,β-unsaturated/α-hetero) is 1. The zero-order chi connectivity index (χ0) is 40.7. The second-order valence-corrected chi connectivity index (χ2v) is 20.9. The Morgan fingerprint density at radius 1 is 0.782 bits per heavy atom. The highest BCUT2D eigenvalue weighted by Crippen LogP contribution is 2.88. The summed E-state index contributed by atoms with van der Waals surface area (Å²) in [6.45, 7) is 25.1. The van der Waals surface area contributed by atoms with Gasteiger partial charge in [-0.25, -0.2) is 0 Å². The van der Waals surface area contributed by atoms with Gasteiger partial charge in [0.05, 0.1) is 6.04 Å². The molecule has 55 heavy (non-hydrogen) atoms. The van der Waals surface area contributed by atoms with Crippen LogP contribution in [0.1, 0.15) is 133 Å². The topological polar surface area (TPSA) is 157 Å². The van der Waals surface area contributed by atoms with Crippen LogP contribution in [0.5, 0.6) is 0 Å². The number of hydrogen-bond donors (Lipinski definition) is 4. The van der Waals surface area contributed by atoms with E-state index in [1.165, 1.54) is 0 Å². The fourth-order valence-corrected chi connectivity index (χ4v) is 10.9. The Balaban J connectivity index is 1.27. The number of amides is 5. The van der Waals surface area contributed by atoms with E-state index >= 15 is 4.79 Å². The van der Waals surface area contributed by atoms with Crippen molar-refractivity contribution in [1.82, 2.24) is 31.1 Å². The van der Waals surface area contributed by atoms with E-state index in [-0.39, 0.29) is 52.6 Å². The van der Waals surface area contributed by atoms with Gasteiger partial charge in [0.25, 0.3) is 5.91 Å². The Morgan fingerprint density at radius 2 is 1.42 bits per heavy atom. The van der Waals surface area contributed by atoms with E-state index in [1.54, 1.807) is 11.0 Å². The third-order valence-electron chi connectivity index (χ3n) is 14.9. The van der Waals surface area contributed by atoms with Gasteiger partial charge in [-0.05, 0) is 93.4 Å². The predicted octanol–water partition coefficient (Wildman–Crippen LogP) is 4.02. The molecule has 4 aliphatic carbocycles. The molecule has 2 heterocycles. The molecule has 4 N–H and O–H groups in total. The van der Waals surface area contributed by atoms with Crippen molar-refractivity contribution in [3.8, 4) is 0 Å². The maximum absolute atomic E-state index is 15.1. The third kappa shape index (κ3) is 6.94. The van der Waals surface area contributed by atoms with Gasteiger partial charge in [0.2, 0.25) is 29.4 Å². The van der Waals surface area contributed by atoms with E-state index in [4.69, 9.17) is 0 Å². The molecule has 0 aromatic rings. The lowest BCUT2D eigenvalue weighted by Gasteiger charge is -2.40. The molecular weight excluding hydrogens is 697 g/mol. The molecule has 0 aromatic carbocycles. The Hall–Kier alpha value is -3.28. The van der Waals surface area contributed by atoms with E-state index in [0.717, 1.165) is 57.9 Å². The second kappa shape index (κ2) is 14.0. The molecule has 6 rings (SSSR count).